The van der Waals surface area contributed by atoms with Crippen LogP contribution in [0.5, 0.6) is 0 Å². The number of rotatable bonds is 0. The molecule has 1 unspecified atom stereocenters. The van der Waals surface area contributed by atoms with Crippen molar-refractivity contribution in [2.75, 3.05) is 0 Å². The largest absolute Gasteiger partial charge is 0.122 e. The fourth-order valence-electron chi connectivity index (χ4n) is 2.38. The summed E-state index contributed by atoms with van der Waals surface area (Å²) >= 11 is 2.07. The van der Waals surface area contributed by atoms with E-state index in [0.717, 1.165) is 5.25 Å². The van der Waals surface area contributed by atoms with E-state index in [0.29, 0.717) is 10.8 Å². The molecule has 1 aromatic rings. The number of benzene rings is 1. The Labute approximate surface area is 104 Å². The molecule has 0 fully saturated rings. The summed E-state index contributed by atoms with van der Waals surface area (Å²) in [4.78, 5) is 1.48. The highest BCUT2D eigenvalue weighted by molar-refractivity contribution is 8.00. The number of thioether (sulfide) groups is 1. The van der Waals surface area contributed by atoms with Crippen molar-refractivity contribution >= 4 is 11.8 Å². The Morgan fingerprint density at radius 2 is 1.81 bits per heavy atom. The quantitative estimate of drug-likeness (QED) is 0.617. The van der Waals surface area contributed by atoms with Gasteiger partial charge in [0, 0.05) is 10.1 Å². The summed E-state index contributed by atoms with van der Waals surface area (Å²) in [5.41, 5.74) is 2.23. The molecule has 0 aromatic heterocycles. The van der Waals surface area contributed by atoms with Crippen molar-refractivity contribution in [3.8, 4) is 0 Å². The van der Waals surface area contributed by atoms with Gasteiger partial charge < -0.3 is 0 Å². The fourth-order valence-corrected chi connectivity index (χ4v) is 4.17. The maximum Gasteiger partial charge on any atom is 0.0151 e. The Morgan fingerprint density at radius 1 is 1.19 bits per heavy atom. The van der Waals surface area contributed by atoms with E-state index in [1.807, 2.05) is 0 Å². The van der Waals surface area contributed by atoms with Crippen LogP contribution < -0.4 is 0 Å². The standard InChI is InChI=1S/C15H22S/c1-14(2,3)13-10-15(4,5)11-8-6-7-9-12(11)16-13/h6-9,13H,10H2,1-5H3. The molecule has 0 saturated carbocycles. The topological polar surface area (TPSA) is 0 Å². The Morgan fingerprint density at radius 3 is 2.44 bits per heavy atom. The Hall–Kier alpha value is -0.430. The molecule has 0 nitrogen and oxygen atoms in total. The molecule has 1 atom stereocenters. The average molecular weight is 234 g/mol. The van der Waals surface area contributed by atoms with Gasteiger partial charge in [0.2, 0.25) is 0 Å². The summed E-state index contributed by atoms with van der Waals surface area (Å²) < 4.78 is 0. The zero-order valence-corrected chi connectivity index (χ0v) is 11.8. The summed E-state index contributed by atoms with van der Waals surface area (Å²) in [5.74, 6) is 0. The first-order valence-electron chi connectivity index (χ1n) is 6.07. The van der Waals surface area contributed by atoms with Gasteiger partial charge >= 0.3 is 0 Å². The molecular formula is C15H22S. The van der Waals surface area contributed by atoms with Gasteiger partial charge in [0.15, 0.2) is 0 Å². The minimum atomic E-state index is 0.319. The van der Waals surface area contributed by atoms with Gasteiger partial charge in [-0.15, -0.1) is 11.8 Å². The molecule has 88 valence electrons. The summed E-state index contributed by atoms with van der Waals surface area (Å²) in [6, 6.07) is 8.90. The van der Waals surface area contributed by atoms with Gasteiger partial charge in [-0.25, -0.2) is 0 Å². The van der Waals surface area contributed by atoms with E-state index in [-0.39, 0.29) is 0 Å². The molecule has 0 bridgehead atoms. The van der Waals surface area contributed by atoms with E-state index in [1.54, 1.807) is 0 Å². The van der Waals surface area contributed by atoms with Crippen molar-refractivity contribution in [1.29, 1.82) is 0 Å². The molecule has 0 N–H and O–H groups in total. The minimum Gasteiger partial charge on any atom is -0.122 e. The molecule has 0 aliphatic carbocycles. The maximum absolute atomic E-state index is 2.38. The molecule has 16 heavy (non-hydrogen) atoms. The van der Waals surface area contributed by atoms with E-state index >= 15 is 0 Å². The molecule has 1 aliphatic heterocycles. The summed E-state index contributed by atoms with van der Waals surface area (Å²) in [6.07, 6.45) is 1.28. The second kappa shape index (κ2) is 3.80. The van der Waals surface area contributed by atoms with Gasteiger partial charge in [0.05, 0.1) is 0 Å². The van der Waals surface area contributed by atoms with Crippen LogP contribution in [-0.4, -0.2) is 5.25 Å². The second-order valence-electron chi connectivity index (χ2n) is 6.56. The summed E-state index contributed by atoms with van der Waals surface area (Å²) in [6.45, 7) is 11.8. The lowest BCUT2D eigenvalue weighted by molar-refractivity contribution is 0.319. The number of hydrogen-bond donors (Lipinski definition) is 0. The summed E-state index contributed by atoms with van der Waals surface area (Å²) in [7, 11) is 0. The van der Waals surface area contributed by atoms with Crippen LogP contribution in [0.1, 0.15) is 46.6 Å². The van der Waals surface area contributed by atoms with Gasteiger partial charge in [-0.1, -0.05) is 52.8 Å². The lowest BCUT2D eigenvalue weighted by Gasteiger charge is -2.42. The number of fused-ring (bicyclic) bond motifs is 1. The predicted octanol–water partition coefficient (Wildman–Crippen LogP) is 4.87. The maximum atomic E-state index is 2.38. The van der Waals surface area contributed by atoms with E-state index in [9.17, 15) is 0 Å². The summed E-state index contributed by atoms with van der Waals surface area (Å²) in [5, 5.41) is 0.720. The average Bonchev–Trinajstić information content (AvgIpc) is 2.15. The first-order chi connectivity index (χ1) is 7.31. The molecule has 0 spiro atoms. The van der Waals surface area contributed by atoms with Crippen LogP contribution in [0, 0.1) is 5.41 Å². The van der Waals surface area contributed by atoms with Crippen LogP contribution in [0.25, 0.3) is 0 Å². The third kappa shape index (κ3) is 2.15. The Bertz CT molecular complexity index is 385. The molecule has 1 heterocycles. The molecule has 1 aromatic carbocycles. The molecule has 0 radical (unpaired) electrons. The van der Waals surface area contributed by atoms with Crippen LogP contribution in [0.15, 0.2) is 29.2 Å². The van der Waals surface area contributed by atoms with Crippen LogP contribution >= 0.6 is 11.8 Å². The van der Waals surface area contributed by atoms with Crippen molar-refractivity contribution in [1.82, 2.24) is 0 Å². The van der Waals surface area contributed by atoms with Crippen LogP contribution in [0.3, 0.4) is 0 Å². The monoisotopic (exact) mass is 234 g/mol. The number of hydrogen-bond acceptors (Lipinski definition) is 1. The molecule has 1 heteroatoms. The lowest BCUT2D eigenvalue weighted by Crippen LogP contribution is -2.35. The molecule has 2 rings (SSSR count). The van der Waals surface area contributed by atoms with Crippen LogP contribution in [0.2, 0.25) is 0 Å². The van der Waals surface area contributed by atoms with Crippen molar-refractivity contribution in [2.45, 2.75) is 56.6 Å². The fraction of sp³-hybridized carbons (Fsp3) is 0.600. The minimum absolute atomic E-state index is 0.319. The van der Waals surface area contributed by atoms with Crippen molar-refractivity contribution < 1.29 is 0 Å². The zero-order valence-electron chi connectivity index (χ0n) is 11.0. The van der Waals surface area contributed by atoms with Gasteiger partial charge in [-0.2, -0.15) is 0 Å². The van der Waals surface area contributed by atoms with E-state index in [4.69, 9.17) is 0 Å². The van der Waals surface area contributed by atoms with E-state index in [2.05, 4.69) is 70.6 Å². The Balaban J connectivity index is 2.41. The highest BCUT2D eigenvalue weighted by Gasteiger charge is 2.38. The molecular weight excluding hydrogens is 212 g/mol. The second-order valence-corrected chi connectivity index (χ2v) is 7.80. The molecule has 1 aliphatic rings. The smallest absolute Gasteiger partial charge is 0.0151 e. The zero-order chi connectivity index (χ0) is 12.0. The van der Waals surface area contributed by atoms with Gasteiger partial charge in [0.1, 0.15) is 0 Å². The Kier molecular flexibility index (Phi) is 2.86. The highest BCUT2D eigenvalue weighted by atomic mass is 32.2. The van der Waals surface area contributed by atoms with Crippen LogP contribution in [0.4, 0.5) is 0 Å². The van der Waals surface area contributed by atoms with E-state index < -0.39 is 0 Å². The van der Waals surface area contributed by atoms with Gasteiger partial charge in [-0.05, 0) is 28.9 Å². The SMILES string of the molecule is CC1(C)CC(C(C)(C)C)Sc2ccccc21. The predicted molar refractivity (Wildman–Crippen MR) is 73.2 cm³/mol. The molecule has 0 amide bonds. The van der Waals surface area contributed by atoms with Crippen molar-refractivity contribution in [2.24, 2.45) is 5.41 Å². The van der Waals surface area contributed by atoms with Crippen molar-refractivity contribution in [3.63, 3.8) is 0 Å². The van der Waals surface area contributed by atoms with Crippen molar-refractivity contribution in [3.05, 3.63) is 29.8 Å². The third-order valence-corrected chi connectivity index (χ3v) is 5.32. The third-order valence-electron chi connectivity index (χ3n) is 3.55. The normalized spacial score (nSPS) is 23.9. The molecule has 0 saturated heterocycles. The first kappa shape index (κ1) is 12.0. The van der Waals surface area contributed by atoms with Gasteiger partial charge in [-0.3, -0.25) is 0 Å². The highest BCUT2D eigenvalue weighted by Crippen LogP contribution is 2.50. The van der Waals surface area contributed by atoms with E-state index in [1.165, 1.54) is 16.9 Å². The van der Waals surface area contributed by atoms with Crippen LogP contribution in [-0.2, 0) is 5.41 Å². The lowest BCUT2D eigenvalue weighted by atomic mass is 9.75. The first-order valence-corrected chi connectivity index (χ1v) is 6.95. The van der Waals surface area contributed by atoms with Gasteiger partial charge in [0.25, 0.3) is 0 Å².